The lowest BCUT2D eigenvalue weighted by molar-refractivity contribution is -0.126. The Balaban J connectivity index is 1.86. The number of nitrogens with zero attached hydrogens (tertiary/aromatic N) is 2. The van der Waals surface area contributed by atoms with Crippen LogP contribution in [0.4, 0.5) is 5.82 Å². The third kappa shape index (κ3) is 3.93. The number of amides is 1. The van der Waals surface area contributed by atoms with Crippen LogP contribution in [0.2, 0.25) is 0 Å². The molecule has 0 aliphatic carbocycles. The molecule has 0 bridgehead atoms. The first kappa shape index (κ1) is 18.5. The van der Waals surface area contributed by atoms with Crippen molar-refractivity contribution in [2.75, 3.05) is 26.6 Å². The van der Waals surface area contributed by atoms with Gasteiger partial charge < -0.3 is 19.5 Å². The van der Waals surface area contributed by atoms with Crippen LogP contribution < -0.4 is 14.8 Å². The van der Waals surface area contributed by atoms with Crippen LogP contribution in [0.5, 0.6) is 11.5 Å². The molecule has 2 aromatic carbocycles. The fourth-order valence-electron chi connectivity index (χ4n) is 2.77. The molecule has 1 atom stereocenters. The van der Waals surface area contributed by atoms with Crippen molar-refractivity contribution in [1.82, 2.24) is 9.78 Å². The van der Waals surface area contributed by atoms with Crippen molar-refractivity contribution >= 4 is 11.7 Å². The zero-order chi connectivity index (χ0) is 19.2. The molecule has 140 valence electrons. The predicted molar refractivity (Wildman–Crippen MR) is 101 cm³/mol. The summed E-state index contributed by atoms with van der Waals surface area (Å²) in [5.74, 6) is 1.42. The molecule has 0 radical (unpaired) electrons. The van der Waals surface area contributed by atoms with Crippen LogP contribution in [0.1, 0.15) is 11.7 Å². The standard InChI is InChI=1S/C20H21N3O4/c1-25-16-10-9-15(13-17(16)26-2)23-18(11-12-21-23)22-20(24)19(27-3)14-7-5-4-6-8-14/h4-13,19H,1-3H3,(H,22,24). The van der Waals surface area contributed by atoms with E-state index in [-0.39, 0.29) is 5.91 Å². The lowest BCUT2D eigenvalue weighted by Crippen LogP contribution is -2.24. The van der Waals surface area contributed by atoms with Crippen molar-refractivity contribution in [1.29, 1.82) is 0 Å². The van der Waals surface area contributed by atoms with Crippen molar-refractivity contribution in [2.45, 2.75) is 6.10 Å². The number of carbonyl (C=O) groups is 1. The molecule has 0 aliphatic heterocycles. The van der Waals surface area contributed by atoms with E-state index in [9.17, 15) is 4.79 Å². The maximum absolute atomic E-state index is 12.7. The van der Waals surface area contributed by atoms with Gasteiger partial charge in [0.2, 0.25) is 0 Å². The highest BCUT2D eigenvalue weighted by molar-refractivity contribution is 5.94. The largest absolute Gasteiger partial charge is 0.493 e. The summed E-state index contributed by atoms with van der Waals surface area (Å²) in [5, 5.41) is 7.16. The number of ether oxygens (including phenoxy) is 3. The van der Waals surface area contributed by atoms with E-state index in [1.54, 1.807) is 43.3 Å². The maximum atomic E-state index is 12.7. The van der Waals surface area contributed by atoms with Gasteiger partial charge in [-0.2, -0.15) is 5.10 Å². The van der Waals surface area contributed by atoms with E-state index >= 15 is 0 Å². The second-order valence-electron chi connectivity index (χ2n) is 5.68. The highest BCUT2D eigenvalue weighted by atomic mass is 16.5. The average molecular weight is 367 g/mol. The van der Waals surface area contributed by atoms with Crippen LogP contribution in [0.3, 0.4) is 0 Å². The summed E-state index contributed by atoms with van der Waals surface area (Å²) in [5.41, 5.74) is 1.50. The summed E-state index contributed by atoms with van der Waals surface area (Å²) in [6, 6.07) is 16.4. The van der Waals surface area contributed by atoms with Gasteiger partial charge in [0.05, 0.1) is 26.1 Å². The molecule has 1 unspecified atom stereocenters. The number of rotatable bonds is 7. The highest BCUT2D eigenvalue weighted by Crippen LogP contribution is 2.30. The number of nitrogens with one attached hydrogen (secondary N) is 1. The topological polar surface area (TPSA) is 74.6 Å². The van der Waals surface area contributed by atoms with Gasteiger partial charge in [-0.15, -0.1) is 0 Å². The van der Waals surface area contributed by atoms with Crippen LogP contribution in [0.15, 0.2) is 60.8 Å². The minimum Gasteiger partial charge on any atom is -0.493 e. The van der Waals surface area contributed by atoms with Gasteiger partial charge in [0.25, 0.3) is 5.91 Å². The normalized spacial score (nSPS) is 11.7. The fraction of sp³-hybridized carbons (Fsp3) is 0.200. The van der Waals surface area contributed by atoms with Crippen LogP contribution in [0.25, 0.3) is 5.69 Å². The van der Waals surface area contributed by atoms with Gasteiger partial charge in [-0.1, -0.05) is 30.3 Å². The molecule has 7 nitrogen and oxygen atoms in total. The Morgan fingerprint density at radius 1 is 1.00 bits per heavy atom. The number of anilines is 1. The number of hydrogen-bond acceptors (Lipinski definition) is 5. The highest BCUT2D eigenvalue weighted by Gasteiger charge is 2.21. The Hall–Kier alpha value is -3.32. The Labute approximate surface area is 157 Å². The van der Waals surface area contributed by atoms with Gasteiger partial charge in [-0.05, 0) is 17.7 Å². The molecule has 0 spiro atoms. The molecule has 1 aromatic heterocycles. The Morgan fingerprint density at radius 2 is 1.74 bits per heavy atom. The van der Waals surface area contributed by atoms with Crippen LogP contribution in [-0.2, 0) is 9.53 Å². The summed E-state index contributed by atoms with van der Waals surface area (Å²) in [7, 11) is 4.64. The average Bonchev–Trinajstić information content (AvgIpc) is 3.16. The molecule has 1 amide bonds. The van der Waals surface area contributed by atoms with Gasteiger partial charge in [0.1, 0.15) is 5.82 Å². The molecular weight excluding hydrogens is 346 g/mol. The van der Waals surface area contributed by atoms with Gasteiger partial charge in [0, 0.05) is 19.2 Å². The molecule has 0 aliphatic rings. The number of carbonyl (C=O) groups excluding carboxylic acids is 1. The number of aromatic nitrogens is 2. The van der Waals surface area contributed by atoms with Crippen LogP contribution in [0, 0.1) is 0 Å². The van der Waals surface area contributed by atoms with Gasteiger partial charge in [-0.3, -0.25) is 4.79 Å². The maximum Gasteiger partial charge on any atom is 0.259 e. The van der Waals surface area contributed by atoms with Gasteiger partial charge in [-0.25, -0.2) is 4.68 Å². The molecule has 1 N–H and O–H groups in total. The van der Waals surface area contributed by atoms with E-state index in [1.807, 2.05) is 36.4 Å². The van der Waals surface area contributed by atoms with Crippen molar-refractivity contribution in [3.8, 4) is 17.2 Å². The van der Waals surface area contributed by atoms with E-state index in [4.69, 9.17) is 14.2 Å². The Morgan fingerprint density at radius 3 is 2.41 bits per heavy atom. The smallest absolute Gasteiger partial charge is 0.259 e. The van der Waals surface area contributed by atoms with E-state index in [2.05, 4.69) is 10.4 Å². The summed E-state index contributed by atoms with van der Waals surface area (Å²) in [6.07, 6.45) is 0.886. The van der Waals surface area contributed by atoms with Gasteiger partial charge in [0.15, 0.2) is 17.6 Å². The first-order valence-corrected chi connectivity index (χ1v) is 8.33. The van der Waals surface area contributed by atoms with E-state index in [1.165, 1.54) is 7.11 Å². The number of hydrogen-bond donors (Lipinski definition) is 1. The molecule has 3 rings (SSSR count). The second kappa shape index (κ2) is 8.37. The molecular formula is C20H21N3O4. The van der Waals surface area contributed by atoms with Crippen molar-refractivity contribution in [3.63, 3.8) is 0 Å². The van der Waals surface area contributed by atoms with Crippen molar-refractivity contribution in [3.05, 3.63) is 66.4 Å². The first-order valence-electron chi connectivity index (χ1n) is 8.33. The minimum absolute atomic E-state index is 0.286. The number of methoxy groups -OCH3 is 3. The van der Waals surface area contributed by atoms with E-state index in [0.717, 1.165) is 11.3 Å². The lowest BCUT2D eigenvalue weighted by atomic mass is 10.1. The minimum atomic E-state index is -0.722. The molecule has 0 saturated carbocycles. The Kier molecular flexibility index (Phi) is 5.73. The summed E-state index contributed by atoms with van der Waals surface area (Å²) >= 11 is 0. The summed E-state index contributed by atoms with van der Waals surface area (Å²) < 4.78 is 17.6. The Bertz CT molecular complexity index is 909. The lowest BCUT2D eigenvalue weighted by Gasteiger charge is -2.16. The summed E-state index contributed by atoms with van der Waals surface area (Å²) in [6.45, 7) is 0. The van der Waals surface area contributed by atoms with Crippen molar-refractivity contribution < 1.29 is 19.0 Å². The first-order chi connectivity index (χ1) is 13.2. The second-order valence-corrected chi connectivity index (χ2v) is 5.68. The third-order valence-electron chi connectivity index (χ3n) is 4.08. The van der Waals surface area contributed by atoms with Gasteiger partial charge >= 0.3 is 0 Å². The number of benzene rings is 2. The molecule has 7 heteroatoms. The van der Waals surface area contributed by atoms with Crippen molar-refractivity contribution in [2.24, 2.45) is 0 Å². The fourth-order valence-corrected chi connectivity index (χ4v) is 2.77. The van der Waals surface area contributed by atoms with E-state index < -0.39 is 6.10 Å². The summed E-state index contributed by atoms with van der Waals surface area (Å²) in [4.78, 5) is 12.7. The zero-order valence-corrected chi connectivity index (χ0v) is 15.4. The van der Waals surface area contributed by atoms with E-state index in [0.29, 0.717) is 17.3 Å². The quantitative estimate of drug-likeness (QED) is 0.694. The molecule has 0 saturated heterocycles. The zero-order valence-electron chi connectivity index (χ0n) is 15.4. The predicted octanol–water partition coefficient (Wildman–Crippen LogP) is 3.22. The molecule has 3 aromatic rings. The SMILES string of the molecule is COc1ccc(-n2nccc2NC(=O)C(OC)c2ccccc2)cc1OC. The monoisotopic (exact) mass is 367 g/mol. The van der Waals surface area contributed by atoms with Crippen LogP contribution in [-0.4, -0.2) is 37.0 Å². The molecule has 1 heterocycles. The molecule has 27 heavy (non-hydrogen) atoms. The van der Waals surface area contributed by atoms with Crippen LogP contribution >= 0.6 is 0 Å². The third-order valence-corrected chi connectivity index (χ3v) is 4.08. The molecule has 0 fully saturated rings.